The van der Waals surface area contributed by atoms with Crippen LogP contribution in [0.5, 0.6) is 0 Å². The van der Waals surface area contributed by atoms with Crippen LogP contribution in [-0.2, 0) is 6.18 Å². The van der Waals surface area contributed by atoms with Gasteiger partial charge in [0.05, 0.1) is 11.3 Å². The molecule has 1 saturated heterocycles. The highest BCUT2D eigenvalue weighted by Gasteiger charge is 2.36. The summed E-state index contributed by atoms with van der Waals surface area (Å²) < 4.78 is 39.8. The maximum Gasteiger partial charge on any atom is 0.419 e. The van der Waals surface area contributed by atoms with Crippen molar-refractivity contribution in [1.82, 2.24) is 19.9 Å². The van der Waals surface area contributed by atoms with Crippen LogP contribution in [0, 0.1) is 0 Å². The first-order valence-electron chi connectivity index (χ1n) is 8.96. The first-order valence-corrected chi connectivity index (χ1v) is 8.96. The SMILES string of the molecule is O=c1cc(-c2ccncc2)[nH]c(N2CCN(c3ncccc3C(F)(F)F)CC2)n1. The van der Waals surface area contributed by atoms with Crippen LogP contribution >= 0.6 is 0 Å². The fourth-order valence-corrected chi connectivity index (χ4v) is 3.28. The number of halogens is 3. The second-order valence-corrected chi connectivity index (χ2v) is 6.54. The van der Waals surface area contributed by atoms with Gasteiger partial charge in [0.2, 0.25) is 5.95 Å². The molecular formula is C19H17F3N6O. The van der Waals surface area contributed by atoms with Crippen molar-refractivity contribution in [3.05, 3.63) is 64.8 Å². The van der Waals surface area contributed by atoms with Gasteiger partial charge in [0.25, 0.3) is 5.56 Å². The predicted molar refractivity (Wildman–Crippen MR) is 102 cm³/mol. The Morgan fingerprint density at radius 2 is 1.66 bits per heavy atom. The lowest BCUT2D eigenvalue weighted by Gasteiger charge is -2.36. The number of nitrogens with one attached hydrogen (secondary N) is 1. The van der Waals surface area contributed by atoms with Crippen molar-refractivity contribution < 1.29 is 13.2 Å². The number of aromatic nitrogens is 4. The van der Waals surface area contributed by atoms with Crippen LogP contribution in [0.2, 0.25) is 0 Å². The van der Waals surface area contributed by atoms with Gasteiger partial charge < -0.3 is 14.8 Å². The number of rotatable bonds is 3. The number of alkyl halides is 3. The Morgan fingerprint density at radius 1 is 0.966 bits per heavy atom. The van der Waals surface area contributed by atoms with Crippen LogP contribution < -0.4 is 15.4 Å². The monoisotopic (exact) mass is 402 g/mol. The summed E-state index contributed by atoms with van der Waals surface area (Å²) in [5.41, 5.74) is 0.258. The molecule has 3 aromatic heterocycles. The van der Waals surface area contributed by atoms with Crippen LogP contribution in [0.4, 0.5) is 24.9 Å². The molecule has 1 aliphatic heterocycles. The molecule has 1 fully saturated rings. The molecule has 7 nitrogen and oxygen atoms in total. The predicted octanol–water partition coefficient (Wildman–Crippen LogP) is 2.57. The molecule has 0 bridgehead atoms. The van der Waals surface area contributed by atoms with E-state index in [1.165, 1.54) is 18.3 Å². The molecule has 4 heterocycles. The van der Waals surface area contributed by atoms with Crippen LogP contribution in [0.1, 0.15) is 5.56 Å². The van der Waals surface area contributed by atoms with Crippen molar-refractivity contribution in [2.75, 3.05) is 36.0 Å². The summed E-state index contributed by atoms with van der Waals surface area (Å²) in [6.45, 7) is 1.44. The third-order valence-electron chi connectivity index (χ3n) is 4.69. The van der Waals surface area contributed by atoms with Crippen LogP contribution in [0.25, 0.3) is 11.3 Å². The van der Waals surface area contributed by atoms with Gasteiger partial charge in [0.1, 0.15) is 5.82 Å². The quantitative estimate of drug-likeness (QED) is 0.726. The van der Waals surface area contributed by atoms with Crippen LogP contribution in [0.15, 0.2) is 53.7 Å². The maximum atomic E-state index is 13.3. The van der Waals surface area contributed by atoms with E-state index in [9.17, 15) is 18.0 Å². The molecule has 1 aliphatic rings. The van der Waals surface area contributed by atoms with E-state index in [-0.39, 0.29) is 5.82 Å². The number of H-pyrrole nitrogens is 1. The normalized spacial score (nSPS) is 14.9. The van der Waals surface area contributed by atoms with Gasteiger partial charge in [0, 0.05) is 56.4 Å². The molecule has 0 aliphatic carbocycles. The first-order chi connectivity index (χ1) is 13.9. The molecule has 0 unspecified atom stereocenters. The zero-order valence-corrected chi connectivity index (χ0v) is 15.2. The second-order valence-electron chi connectivity index (χ2n) is 6.54. The van der Waals surface area contributed by atoms with Gasteiger partial charge >= 0.3 is 6.18 Å². The standard InChI is InChI=1S/C19H17F3N6O/c20-19(21,22)14-2-1-5-24-17(14)27-8-10-28(11-9-27)18-25-15(12-16(29)26-18)13-3-6-23-7-4-13/h1-7,12H,8-11H2,(H,25,26,29). The summed E-state index contributed by atoms with van der Waals surface area (Å²) >= 11 is 0. The number of hydrogen-bond donors (Lipinski definition) is 1. The number of nitrogens with zero attached hydrogens (tertiary/aromatic N) is 5. The van der Waals surface area contributed by atoms with Crippen LogP contribution in [-0.4, -0.2) is 46.1 Å². The highest BCUT2D eigenvalue weighted by atomic mass is 19.4. The van der Waals surface area contributed by atoms with E-state index in [0.717, 1.165) is 11.6 Å². The summed E-state index contributed by atoms with van der Waals surface area (Å²) in [6.07, 6.45) is 0.135. The van der Waals surface area contributed by atoms with E-state index >= 15 is 0 Å². The van der Waals surface area contributed by atoms with Gasteiger partial charge in [0.15, 0.2) is 0 Å². The highest BCUT2D eigenvalue weighted by Crippen LogP contribution is 2.35. The van der Waals surface area contributed by atoms with Gasteiger partial charge in [-0.25, -0.2) is 4.98 Å². The Kier molecular flexibility index (Phi) is 4.91. The lowest BCUT2D eigenvalue weighted by Crippen LogP contribution is -2.48. The fraction of sp³-hybridized carbons (Fsp3) is 0.263. The Bertz CT molecular complexity index is 1050. The van der Waals surface area contributed by atoms with E-state index < -0.39 is 17.3 Å². The smallest absolute Gasteiger partial charge is 0.353 e. The summed E-state index contributed by atoms with van der Waals surface area (Å²) in [5, 5.41) is 0. The number of piperazine rings is 1. The second kappa shape index (κ2) is 7.53. The molecule has 0 radical (unpaired) electrons. The minimum atomic E-state index is -4.47. The summed E-state index contributed by atoms with van der Waals surface area (Å²) in [7, 11) is 0. The number of pyridine rings is 2. The zero-order chi connectivity index (χ0) is 20.4. The Hall–Kier alpha value is -3.43. The van der Waals surface area contributed by atoms with E-state index in [1.807, 2.05) is 4.90 Å². The van der Waals surface area contributed by atoms with E-state index in [1.54, 1.807) is 29.4 Å². The first kappa shape index (κ1) is 18.9. The molecule has 0 saturated carbocycles. The highest BCUT2D eigenvalue weighted by molar-refractivity contribution is 5.59. The molecular weight excluding hydrogens is 385 g/mol. The number of anilines is 2. The topological polar surface area (TPSA) is 78.0 Å². The molecule has 3 aromatic rings. The minimum absolute atomic E-state index is 0.0772. The third-order valence-corrected chi connectivity index (χ3v) is 4.69. The van der Waals surface area contributed by atoms with Gasteiger partial charge in [-0.2, -0.15) is 18.2 Å². The van der Waals surface area contributed by atoms with Crippen molar-refractivity contribution in [3.63, 3.8) is 0 Å². The van der Waals surface area contributed by atoms with Crippen molar-refractivity contribution in [1.29, 1.82) is 0 Å². The molecule has 0 atom stereocenters. The number of aromatic amines is 1. The molecule has 150 valence electrons. The summed E-state index contributed by atoms with van der Waals surface area (Å²) in [5.74, 6) is 0.313. The maximum absolute atomic E-state index is 13.3. The molecule has 4 rings (SSSR count). The molecule has 0 spiro atoms. The zero-order valence-electron chi connectivity index (χ0n) is 15.2. The average molecular weight is 402 g/mol. The fourth-order valence-electron chi connectivity index (χ4n) is 3.28. The van der Waals surface area contributed by atoms with Gasteiger partial charge in [-0.05, 0) is 24.3 Å². The lowest BCUT2D eigenvalue weighted by molar-refractivity contribution is -0.137. The summed E-state index contributed by atoms with van der Waals surface area (Å²) in [4.78, 5) is 30.6. The lowest BCUT2D eigenvalue weighted by atomic mass is 10.2. The van der Waals surface area contributed by atoms with Gasteiger partial charge in [-0.3, -0.25) is 9.78 Å². The summed E-state index contributed by atoms with van der Waals surface area (Å²) in [6, 6.07) is 7.26. The minimum Gasteiger partial charge on any atom is -0.353 e. The third kappa shape index (κ3) is 4.05. The van der Waals surface area contributed by atoms with Gasteiger partial charge in [-0.15, -0.1) is 0 Å². The molecule has 29 heavy (non-hydrogen) atoms. The molecule has 0 aromatic carbocycles. The van der Waals surface area contributed by atoms with Crippen molar-refractivity contribution in [3.8, 4) is 11.3 Å². The molecule has 0 amide bonds. The van der Waals surface area contributed by atoms with E-state index in [2.05, 4.69) is 19.9 Å². The van der Waals surface area contributed by atoms with Gasteiger partial charge in [-0.1, -0.05) is 0 Å². The largest absolute Gasteiger partial charge is 0.419 e. The molecule has 10 heteroatoms. The number of hydrogen-bond acceptors (Lipinski definition) is 6. The Morgan fingerprint density at radius 3 is 2.34 bits per heavy atom. The Labute approximate surface area is 163 Å². The Balaban J connectivity index is 1.54. The molecule has 1 N–H and O–H groups in total. The van der Waals surface area contributed by atoms with Crippen molar-refractivity contribution >= 4 is 11.8 Å². The average Bonchev–Trinajstić information content (AvgIpc) is 2.73. The van der Waals surface area contributed by atoms with Crippen molar-refractivity contribution in [2.24, 2.45) is 0 Å². The van der Waals surface area contributed by atoms with E-state index in [4.69, 9.17) is 0 Å². The van der Waals surface area contributed by atoms with E-state index in [0.29, 0.717) is 37.8 Å². The van der Waals surface area contributed by atoms with Crippen LogP contribution in [0.3, 0.4) is 0 Å². The van der Waals surface area contributed by atoms with Crippen molar-refractivity contribution in [2.45, 2.75) is 6.18 Å².